The van der Waals surface area contributed by atoms with Gasteiger partial charge in [0.2, 0.25) is 5.91 Å². The molecule has 2 aromatic carbocycles. The van der Waals surface area contributed by atoms with Crippen LogP contribution in [0.1, 0.15) is 27.6 Å². The second-order valence-electron chi connectivity index (χ2n) is 8.02. The van der Waals surface area contributed by atoms with E-state index in [9.17, 15) is 14.4 Å². The van der Waals surface area contributed by atoms with Crippen LogP contribution in [0.3, 0.4) is 0 Å². The molecule has 0 unspecified atom stereocenters. The summed E-state index contributed by atoms with van der Waals surface area (Å²) >= 11 is 1.31. The molecule has 0 atom stereocenters. The number of carbonyl (C=O) groups excluding carboxylic acids is 3. The van der Waals surface area contributed by atoms with Gasteiger partial charge in [0.15, 0.2) is 10.9 Å². The Hall–Kier alpha value is -3.66. The molecule has 0 radical (unpaired) electrons. The zero-order valence-corrected chi connectivity index (χ0v) is 19.9. The first-order chi connectivity index (χ1) is 16.4. The minimum Gasteiger partial charge on any atom is -0.368 e. The standard InChI is InChI=1S/C24H26N6O3S/c1-17(31)18-5-9-21(10-6-18)29-11-13-30(14-12-29)23(33)19-3-7-20(8-4-19)26-22(32)15-34-24-27-25-16-28(24)2/h3-10,16H,11-15H2,1-2H3,(H,26,32). The van der Waals surface area contributed by atoms with Crippen LogP contribution in [0.4, 0.5) is 11.4 Å². The third kappa shape index (κ3) is 5.63. The third-order valence-corrected chi connectivity index (χ3v) is 6.66. The summed E-state index contributed by atoms with van der Waals surface area (Å²) in [6, 6.07) is 14.5. The Morgan fingerprint density at radius 1 is 0.941 bits per heavy atom. The molecule has 10 heteroatoms. The Bertz CT molecular complexity index is 1170. The monoisotopic (exact) mass is 478 g/mol. The Morgan fingerprint density at radius 3 is 2.18 bits per heavy atom. The van der Waals surface area contributed by atoms with E-state index in [4.69, 9.17) is 0 Å². The van der Waals surface area contributed by atoms with E-state index < -0.39 is 0 Å². The minimum atomic E-state index is -0.153. The van der Waals surface area contributed by atoms with Gasteiger partial charge in [-0.3, -0.25) is 14.4 Å². The topological polar surface area (TPSA) is 100 Å². The molecule has 176 valence electrons. The highest BCUT2D eigenvalue weighted by Gasteiger charge is 2.22. The summed E-state index contributed by atoms with van der Waals surface area (Å²) < 4.78 is 1.75. The highest BCUT2D eigenvalue weighted by molar-refractivity contribution is 7.99. The number of aromatic nitrogens is 3. The smallest absolute Gasteiger partial charge is 0.253 e. The van der Waals surface area contributed by atoms with Crippen molar-refractivity contribution >= 4 is 40.7 Å². The number of thioether (sulfide) groups is 1. The summed E-state index contributed by atoms with van der Waals surface area (Å²) in [4.78, 5) is 40.6. The minimum absolute atomic E-state index is 0.0257. The molecule has 1 N–H and O–H groups in total. The number of aryl methyl sites for hydroxylation is 1. The first-order valence-corrected chi connectivity index (χ1v) is 11.9. The Kier molecular flexibility index (Phi) is 7.27. The van der Waals surface area contributed by atoms with Crippen LogP contribution < -0.4 is 10.2 Å². The molecule has 1 fully saturated rings. The van der Waals surface area contributed by atoms with Gasteiger partial charge in [0.25, 0.3) is 5.91 Å². The van der Waals surface area contributed by atoms with E-state index >= 15 is 0 Å². The number of ketones is 1. The number of benzene rings is 2. The van der Waals surface area contributed by atoms with Crippen LogP contribution in [0.2, 0.25) is 0 Å². The van der Waals surface area contributed by atoms with Crippen molar-refractivity contribution in [2.75, 3.05) is 42.1 Å². The van der Waals surface area contributed by atoms with Crippen LogP contribution in [0.15, 0.2) is 60.0 Å². The second kappa shape index (κ2) is 10.5. The van der Waals surface area contributed by atoms with Gasteiger partial charge in [-0.15, -0.1) is 10.2 Å². The molecule has 0 spiro atoms. The van der Waals surface area contributed by atoms with Crippen molar-refractivity contribution in [2.45, 2.75) is 12.1 Å². The molecule has 3 aromatic rings. The van der Waals surface area contributed by atoms with Crippen molar-refractivity contribution < 1.29 is 14.4 Å². The molecule has 0 bridgehead atoms. The van der Waals surface area contributed by atoms with E-state index in [0.29, 0.717) is 35.1 Å². The van der Waals surface area contributed by atoms with Crippen molar-refractivity contribution in [1.82, 2.24) is 19.7 Å². The lowest BCUT2D eigenvalue weighted by Gasteiger charge is -2.36. The van der Waals surface area contributed by atoms with Gasteiger partial charge < -0.3 is 19.7 Å². The molecule has 1 aromatic heterocycles. The lowest BCUT2D eigenvalue weighted by Crippen LogP contribution is -2.48. The number of nitrogens with one attached hydrogen (secondary N) is 1. The number of hydrogen-bond acceptors (Lipinski definition) is 7. The lowest BCUT2D eigenvalue weighted by molar-refractivity contribution is -0.113. The molecule has 4 rings (SSSR count). The van der Waals surface area contributed by atoms with E-state index in [1.54, 1.807) is 42.1 Å². The van der Waals surface area contributed by atoms with Gasteiger partial charge in [0.05, 0.1) is 5.75 Å². The summed E-state index contributed by atoms with van der Waals surface area (Å²) in [7, 11) is 1.82. The van der Waals surface area contributed by atoms with Crippen LogP contribution in [0.5, 0.6) is 0 Å². The highest BCUT2D eigenvalue weighted by atomic mass is 32.2. The fourth-order valence-corrected chi connectivity index (χ4v) is 4.37. The van der Waals surface area contributed by atoms with Crippen LogP contribution in [0.25, 0.3) is 0 Å². The SMILES string of the molecule is CC(=O)c1ccc(N2CCN(C(=O)c3ccc(NC(=O)CSc4nncn4C)cc3)CC2)cc1. The van der Waals surface area contributed by atoms with E-state index in [1.807, 2.05) is 36.2 Å². The number of piperazine rings is 1. The van der Waals surface area contributed by atoms with Gasteiger partial charge in [-0.1, -0.05) is 11.8 Å². The first-order valence-electron chi connectivity index (χ1n) is 10.9. The molecular formula is C24H26N6O3S. The third-order valence-electron chi connectivity index (χ3n) is 5.62. The fraction of sp³-hybridized carbons (Fsp3) is 0.292. The largest absolute Gasteiger partial charge is 0.368 e. The molecule has 2 heterocycles. The maximum atomic E-state index is 12.9. The Morgan fingerprint density at radius 2 is 1.59 bits per heavy atom. The van der Waals surface area contributed by atoms with Crippen LogP contribution in [0, 0.1) is 0 Å². The molecule has 1 aliphatic heterocycles. The normalized spacial score (nSPS) is 13.6. The van der Waals surface area contributed by atoms with Crippen molar-refractivity contribution in [1.29, 1.82) is 0 Å². The van der Waals surface area contributed by atoms with Crippen LogP contribution in [-0.2, 0) is 11.8 Å². The number of nitrogens with zero attached hydrogens (tertiary/aromatic N) is 5. The number of hydrogen-bond donors (Lipinski definition) is 1. The first kappa shape index (κ1) is 23.5. The van der Waals surface area contributed by atoms with Crippen LogP contribution >= 0.6 is 11.8 Å². The molecule has 34 heavy (non-hydrogen) atoms. The second-order valence-corrected chi connectivity index (χ2v) is 8.96. The van der Waals surface area contributed by atoms with Crippen molar-refractivity contribution in [2.24, 2.45) is 7.05 Å². The van der Waals surface area contributed by atoms with Crippen LogP contribution in [-0.4, -0.2) is 69.2 Å². The number of rotatable bonds is 7. The number of Topliss-reactive ketones (excluding diaryl/α,β-unsaturated/α-hetero) is 1. The quantitative estimate of drug-likeness (QED) is 0.412. The Balaban J connectivity index is 1.27. The lowest BCUT2D eigenvalue weighted by atomic mass is 10.1. The predicted molar refractivity (Wildman–Crippen MR) is 131 cm³/mol. The fourth-order valence-electron chi connectivity index (χ4n) is 3.68. The zero-order valence-electron chi connectivity index (χ0n) is 19.1. The van der Waals surface area contributed by atoms with Gasteiger partial charge in [-0.2, -0.15) is 0 Å². The number of amides is 2. The number of anilines is 2. The summed E-state index contributed by atoms with van der Waals surface area (Å²) in [6.45, 7) is 4.24. The van der Waals surface area contributed by atoms with Gasteiger partial charge in [-0.05, 0) is 55.5 Å². The zero-order chi connectivity index (χ0) is 24.1. The maximum absolute atomic E-state index is 12.9. The molecule has 1 saturated heterocycles. The van der Waals surface area contributed by atoms with Crippen molar-refractivity contribution in [3.8, 4) is 0 Å². The van der Waals surface area contributed by atoms with Gasteiger partial charge in [0.1, 0.15) is 6.33 Å². The van der Waals surface area contributed by atoms with Gasteiger partial charge >= 0.3 is 0 Å². The molecule has 2 amide bonds. The van der Waals surface area contributed by atoms with E-state index in [1.165, 1.54) is 11.8 Å². The van der Waals surface area contributed by atoms with Crippen molar-refractivity contribution in [3.05, 3.63) is 66.0 Å². The number of carbonyl (C=O) groups is 3. The molecule has 1 aliphatic rings. The summed E-state index contributed by atoms with van der Waals surface area (Å²) in [6.07, 6.45) is 1.59. The maximum Gasteiger partial charge on any atom is 0.253 e. The average Bonchev–Trinajstić information content (AvgIpc) is 3.27. The van der Waals surface area contributed by atoms with E-state index in [2.05, 4.69) is 20.4 Å². The molecule has 0 aliphatic carbocycles. The van der Waals surface area contributed by atoms with Crippen molar-refractivity contribution in [3.63, 3.8) is 0 Å². The molecular weight excluding hydrogens is 452 g/mol. The predicted octanol–water partition coefficient (Wildman–Crippen LogP) is 2.71. The molecule has 0 saturated carbocycles. The summed E-state index contributed by atoms with van der Waals surface area (Å²) in [5.74, 6) is 0.0878. The van der Waals surface area contributed by atoms with E-state index in [0.717, 1.165) is 18.8 Å². The Labute approximate surface area is 202 Å². The van der Waals surface area contributed by atoms with E-state index in [-0.39, 0.29) is 23.4 Å². The summed E-state index contributed by atoms with van der Waals surface area (Å²) in [5, 5.41) is 11.2. The highest BCUT2D eigenvalue weighted by Crippen LogP contribution is 2.20. The average molecular weight is 479 g/mol. The van der Waals surface area contributed by atoms with Gasteiger partial charge in [-0.25, -0.2) is 0 Å². The van der Waals surface area contributed by atoms with Gasteiger partial charge in [0, 0.05) is 55.7 Å². The summed E-state index contributed by atoms with van der Waals surface area (Å²) in [5.41, 5.74) is 2.97. The molecule has 9 nitrogen and oxygen atoms in total.